The Bertz CT molecular complexity index is 864. The molecule has 0 spiro atoms. The van der Waals surface area contributed by atoms with E-state index in [4.69, 9.17) is 16.3 Å². The number of hydrogen-bond acceptors (Lipinski definition) is 7. The summed E-state index contributed by atoms with van der Waals surface area (Å²) in [5.41, 5.74) is 12.8. The van der Waals surface area contributed by atoms with Crippen LogP contribution in [0.3, 0.4) is 0 Å². The molecule has 1 aromatic carbocycles. The van der Waals surface area contributed by atoms with E-state index in [2.05, 4.69) is 9.71 Å². The van der Waals surface area contributed by atoms with Crippen LogP contribution in [0.25, 0.3) is 6.08 Å². The van der Waals surface area contributed by atoms with Gasteiger partial charge >= 0.3 is 0 Å². The van der Waals surface area contributed by atoms with E-state index in [1.807, 2.05) is 6.92 Å². The topological polar surface area (TPSA) is 140 Å². The molecule has 148 valence electrons. The predicted octanol–water partition coefficient (Wildman–Crippen LogP) is 0.499. The number of hydrogen-bond donors (Lipinski definition) is 3. The van der Waals surface area contributed by atoms with Gasteiger partial charge in [0.15, 0.2) is 0 Å². The van der Waals surface area contributed by atoms with Gasteiger partial charge in [-0.1, -0.05) is 13.0 Å². The number of benzene rings is 1. The summed E-state index contributed by atoms with van der Waals surface area (Å²) >= 11 is 0. The van der Waals surface area contributed by atoms with Gasteiger partial charge in [0.05, 0.1) is 17.2 Å². The Kier molecular flexibility index (Phi) is 7.08. The first kappa shape index (κ1) is 21.0. The minimum Gasteiger partial charge on any atom is -0.387 e. The Morgan fingerprint density at radius 2 is 2.15 bits per heavy atom. The lowest BCUT2D eigenvalue weighted by atomic mass is 10.1. The SMILES string of the molecule is CCCN(OCCN)C(=O)C1=Cc2ccc(S(=O)(=O)NC)cc2N=C(N)C1. The lowest BCUT2D eigenvalue weighted by Gasteiger charge is -2.22. The normalized spacial score (nSPS) is 14.0. The fraction of sp³-hybridized carbons (Fsp3) is 0.412. The Morgan fingerprint density at radius 3 is 2.78 bits per heavy atom. The first-order chi connectivity index (χ1) is 12.8. The number of carbonyl (C=O) groups excluding carboxylic acids is 1. The van der Waals surface area contributed by atoms with Crippen LogP contribution < -0.4 is 16.2 Å². The highest BCUT2D eigenvalue weighted by Crippen LogP contribution is 2.29. The number of aliphatic imine (C=N–C) groups is 1. The van der Waals surface area contributed by atoms with Gasteiger partial charge < -0.3 is 11.5 Å². The maximum Gasteiger partial charge on any atom is 0.273 e. The summed E-state index contributed by atoms with van der Waals surface area (Å²) in [4.78, 5) is 22.6. The summed E-state index contributed by atoms with van der Waals surface area (Å²) in [6.07, 6.45) is 2.51. The first-order valence-corrected chi connectivity index (χ1v) is 10.1. The van der Waals surface area contributed by atoms with Crippen LogP contribution in [0.5, 0.6) is 0 Å². The van der Waals surface area contributed by atoms with E-state index >= 15 is 0 Å². The molecule has 1 amide bonds. The molecule has 0 saturated carbocycles. The molecule has 1 aromatic rings. The molecule has 0 bridgehead atoms. The molecule has 1 aliphatic rings. The van der Waals surface area contributed by atoms with E-state index in [-0.39, 0.29) is 29.7 Å². The van der Waals surface area contributed by atoms with Gasteiger partial charge in [-0.2, -0.15) is 0 Å². The monoisotopic (exact) mass is 395 g/mol. The third-order valence-electron chi connectivity index (χ3n) is 3.84. The Balaban J connectivity index is 2.41. The van der Waals surface area contributed by atoms with Crippen LogP contribution in [0.1, 0.15) is 25.3 Å². The van der Waals surface area contributed by atoms with Gasteiger partial charge in [0.1, 0.15) is 5.84 Å². The van der Waals surface area contributed by atoms with Gasteiger partial charge in [-0.25, -0.2) is 23.2 Å². The Labute approximate surface area is 159 Å². The van der Waals surface area contributed by atoms with E-state index in [1.54, 1.807) is 12.1 Å². The quantitative estimate of drug-likeness (QED) is 0.548. The van der Waals surface area contributed by atoms with Crippen molar-refractivity contribution in [1.82, 2.24) is 9.79 Å². The van der Waals surface area contributed by atoms with Crippen molar-refractivity contribution in [2.24, 2.45) is 16.5 Å². The lowest BCUT2D eigenvalue weighted by Crippen LogP contribution is -2.35. The van der Waals surface area contributed by atoms with E-state index in [9.17, 15) is 13.2 Å². The second kappa shape index (κ2) is 9.09. The van der Waals surface area contributed by atoms with Gasteiger partial charge in [0.25, 0.3) is 5.91 Å². The highest BCUT2D eigenvalue weighted by atomic mass is 32.2. The number of amides is 1. The number of nitrogens with one attached hydrogen (secondary N) is 1. The third-order valence-corrected chi connectivity index (χ3v) is 5.25. The molecule has 1 aliphatic heterocycles. The number of amidine groups is 1. The van der Waals surface area contributed by atoms with Gasteiger partial charge in [-0.05, 0) is 31.7 Å². The summed E-state index contributed by atoms with van der Waals surface area (Å²) in [6, 6.07) is 4.47. The Morgan fingerprint density at radius 1 is 1.41 bits per heavy atom. The molecule has 5 N–H and O–H groups in total. The minimum absolute atomic E-state index is 0.0716. The number of nitrogens with two attached hydrogens (primary N) is 2. The van der Waals surface area contributed by atoms with Crippen molar-refractivity contribution in [3.05, 3.63) is 29.3 Å². The predicted molar refractivity (Wildman–Crippen MR) is 104 cm³/mol. The van der Waals surface area contributed by atoms with Gasteiger partial charge in [0.2, 0.25) is 10.0 Å². The molecule has 0 unspecified atom stereocenters. The molecule has 10 heteroatoms. The van der Waals surface area contributed by atoms with Crippen LogP contribution in [-0.2, 0) is 19.7 Å². The van der Waals surface area contributed by atoms with Crippen LogP contribution >= 0.6 is 0 Å². The second-order valence-electron chi connectivity index (χ2n) is 5.91. The summed E-state index contributed by atoms with van der Waals surface area (Å²) in [5, 5.41) is 1.27. The smallest absolute Gasteiger partial charge is 0.273 e. The van der Waals surface area contributed by atoms with Crippen LogP contribution in [0.15, 0.2) is 33.7 Å². The largest absolute Gasteiger partial charge is 0.387 e. The number of hydroxylamine groups is 2. The Hall–Kier alpha value is -2.27. The summed E-state index contributed by atoms with van der Waals surface area (Å²) in [5.74, 6) is -0.106. The zero-order valence-corrected chi connectivity index (χ0v) is 16.3. The third kappa shape index (κ3) is 5.13. The molecular weight excluding hydrogens is 370 g/mol. The first-order valence-electron chi connectivity index (χ1n) is 8.58. The number of sulfonamides is 1. The molecule has 2 rings (SSSR count). The number of fused-ring (bicyclic) bond motifs is 1. The van der Waals surface area contributed by atoms with Crippen molar-refractivity contribution in [3.63, 3.8) is 0 Å². The van der Waals surface area contributed by atoms with Crippen molar-refractivity contribution in [1.29, 1.82) is 0 Å². The van der Waals surface area contributed by atoms with E-state index in [1.165, 1.54) is 24.2 Å². The second-order valence-corrected chi connectivity index (χ2v) is 7.79. The highest BCUT2D eigenvalue weighted by Gasteiger charge is 2.23. The molecule has 0 radical (unpaired) electrons. The van der Waals surface area contributed by atoms with Gasteiger partial charge in [-0.15, -0.1) is 0 Å². The average Bonchev–Trinajstić information content (AvgIpc) is 2.81. The molecule has 1 heterocycles. The molecule has 9 nitrogen and oxygen atoms in total. The number of nitrogens with zero attached hydrogens (tertiary/aromatic N) is 2. The van der Waals surface area contributed by atoms with Crippen LogP contribution in [0, 0.1) is 0 Å². The maximum absolute atomic E-state index is 12.9. The molecule has 0 fully saturated rings. The average molecular weight is 395 g/mol. The standard InChI is InChI=1S/C17H25N5O4S/c1-3-7-22(26-8-6-18)17(23)13-9-12-4-5-14(27(24,25)20-2)11-15(12)21-16(19)10-13/h4-5,9,11,20H,3,6-8,10,18H2,1-2H3,(H2,19,21). The van der Waals surface area contributed by atoms with Crippen LogP contribution in [0.2, 0.25) is 0 Å². The molecule has 27 heavy (non-hydrogen) atoms. The number of carbonyl (C=O) groups is 1. The van der Waals surface area contributed by atoms with Crippen LogP contribution in [0.4, 0.5) is 5.69 Å². The summed E-state index contributed by atoms with van der Waals surface area (Å²) < 4.78 is 26.2. The molecule has 0 aliphatic carbocycles. The molecular formula is C17H25N5O4S. The van der Waals surface area contributed by atoms with Gasteiger partial charge in [0, 0.05) is 30.6 Å². The maximum atomic E-state index is 12.9. The molecule has 0 atom stereocenters. The fourth-order valence-corrected chi connectivity index (χ4v) is 3.29. The summed E-state index contributed by atoms with van der Waals surface area (Å²) in [7, 11) is -2.28. The van der Waals surface area contributed by atoms with Crippen molar-refractivity contribution in [3.8, 4) is 0 Å². The van der Waals surface area contributed by atoms with Crippen molar-refractivity contribution in [2.45, 2.75) is 24.7 Å². The van der Waals surface area contributed by atoms with Crippen molar-refractivity contribution >= 4 is 33.5 Å². The van der Waals surface area contributed by atoms with Crippen molar-refractivity contribution in [2.75, 3.05) is 26.7 Å². The van der Waals surface area contributed by atoms with Gasteiger partial charge in [-0.3, -0.25) is 9.63 Å². The van der Waals surface area contributed by atoms with E-state index in [0.717, 1.165) is 6.42 Å². The summed E-state index contributed by atoms with van der Waals surface area (Å²) in [6.45, 7) is 2.87. The van der Waals surface area contributed by atoms with E-state index < -0.39 is 10.0 Å². The van der Waals surface area contributed by atoms with Crippen molar-refractivity contribution < 1.29 is 18.0 Å². The highest BCUT2D eigenvalue weighted by molar-refractivity contribution is 7.89. The lowest BCUT2D eigenvalue weighted by molar-refractivity contribution is -0.181. The zero-order chi connectivity index (χ0) is 20.0. The fourth-order valence-electron chi connectivity index (χ4n) is 2.54. The minimum atomic E-state index is -3.61. The zero-order valence-electron chi connectivity index (χ0n) is 15.4. The van der Waals surface area contributed by atoms with Crippen LogP contribution in [-0.4, -0.2) is 52.0 Å². The molecule has 0 saturated heterocycles. The molecule has 0 aromatic heterocycles. The number of rotatable bonds is 8. The van der Waals surface area contributed by atoms with E-state index in [0.29, 0.717) is 29.9 Å².